The summed E-state index contributed by atoms with van der Waals surface area (Å²) in [6, 6.07) is 1.93. The topological polar surface area (TPSA) is 35.5 Å². The van der Waals surface area contributed by atoms with Crippen LogP contribution in [0.15, 0.2) is 12.1 Å². The summed E-state index contributed by atoms with van der Waals surface area (Å²) in [5, 5.41) is 0. The molecule has 2 rings (SSSR count). The van der Waals surface area contributed by atoms with Gasteiger partial charge in [-0.1, -0.05) is 6.08 Å². The number of rotatable bonds is 3. The number of benzene rings is 1. The normalized spacial score (nSPS) is 13.7. The van der Waals surface area contributed by atoms with Crippen LogP contribution in [0.1, 0.15) is 30.0 Å². The quantitative estimate of drug-likeness (QED) is 0.822. The average molecular weight is 246 g/mol. The number of methoxy groups -OCH3 is 2. The van der Waals surface area contributed by atoms with Crippen molar-refractivity contribution in [3.05, 3.63) is 28.8 Å². The van der Waals surface area contributed by atoms with Crippen molar-refractivity contribution in [3.63, 3.8) is 0 Å². The van der Waals surface area contributed by atoms with Crippen molar-refractivity contribution in [3.8, 4) is 11.5 Å². The number of ether oxygens (including phenoxy) is 2. The third-order valence-electron chi connectivity index (χ3n) is 3.34. The van der Waals surface area contributed by atoms with Gasteiger partial charge in [-0.05, 0) is 38.3 Å². The third kappa shape index (κ3) is 1.90. The molecule has 18 heavy (non-hydrogen) atoms. The molecule has 0 heterocycles. The van der Waals surface area contributed by atoms with Crippen LogP contribution in [0.4, 0.5) is 0 Å². The van der Waals surface area contributed by atoms with Crippen molar-refractivity contribution in [2.75, 3.05) is 14.2 Å². The van der Waals surface area contributed by atoms with Gasteiger partial charge < -0.3 is 9.47 Å². The van der Waals surface area contributed by atoms with E-state index in [1.807, 2.05) is 19.1 Å². The van der Waals surface area contributed by atoms with Crippen LogP contribution in [0.25, 0.3) is 5.57 Å². The van der Waals surface area contributed by atoms with Gasteiger partial charge in [0, 0.05) is 16.7 Å². The highest BCUT2D eigenvalue weighted by atomic mass is 16.5. The summed E-state index contributed by atoms with van der Waals surface area (Å²) in [4.78, 5) is 11.7. The zero-order valence-corrected chi connectivity index (χ0v) is 11.3. The Balaban J connectivity index is 2.74. The molecule has 0 aromatic heterocycles. The van der Waals surface area contributed by atoms with E-state index in [9.17, 15) is 4.79 Å². The van der Waals surface area contributed by atoms with E-state index in [1.54, 1.807) is 21.1 Å². The first-order valence-corrected chi connectivity index (χ1v) is 6.06. The molecular formula is C15H18O3. The Morgan fingerprint density at radius 2 is 2.00 bits per heavy atom. The first-order valence-electron chi connectivity index (χ1n) is 6.06. The van der Waals surface area contributed by atoms with Crippen LogP contribution in [0.5, 0.6) is 11.5 Å². The lowest BCUT2D eigenvalue weighted by Gasteiger charge is -2.23. The standard InChI is InChI=1S/C15H18O3/c1-9-8-13(17-3)14-11(10(2)16)6-5-7-12(14)15(9)18-4/h6,8H,5,7H2,1-4H3. The molecule has 1 aromatic carbocycles. The molecule has 0 saturated heterocycles. The zero-order valence-electron chi connectivity index (χ0n) is 11.3. The Bertz CT molecular complexity index is 527. The fourth-order valence-corrected chi connectivity index (χ4v) is 2.60. The Hall–Kier alpha value is -1.77. The van der Waals surface area contributed by atoms with E-state index >= 15 is 0 Å². The Labute approximate surface area is 107 Å². The molecule has 0 spiro atoms. The summed E-state index contributed by atoms with van der Waals surface area (Å²) in [5.41, 5.74) is 3.77. The maximum absolute atomic E-state index is 11.7. The molecule has 0 aliphatic heterocycles. The molecular weight excluding hydrogens is 228 g/mol. The minimum Gasteiger partial charge on any atom is -0.496 e. The highest BCUT2D eigenvalue weighted by molar-refractivity contribution is 6.21. The molecule has 0 saturated carbocycles. The van der Waals surface area contributed by atoms with Crippen LogP contribution in [-0.2, 0) is 11.2 Å². The second-order valence-corrected chi connectivity index (χ2v) is 4.50. The van der Waals surface area contributed by atoms with Gasteiger partial charge in [-0.3, -0.25) is 4.79 Å². The second kappa shape index (κ2) is 4.84. The summed E-state index contributed by atoms with van der Waals surface area (Å²) in [5.74, 6) is 1.70. The molecule has 0 unspecified atom stereocenters. The summed E-state index contributed by atoms with van der Waals surface area (Å²) >= 11 is 0. The van der Waals surface area contributed by atoms with Crippen LogP contribution in [0, 0.1) is 6.92 Å². The molecule has 96 valence electrons. The number of ketones is 1. The van der Waals surface area contributed by atoms with Crippen molar-refractivity contribution in [2.45, 2.75) is 26.7 Å². The molecule has 0 bridgehead atoms. The predicted molar refractivity (Wildman–Crippen MR) is 71.3 cm³/mol. The van der Waals surface area contributed by atoms with Crippen molar-refractivity contribution >= 4 is 11.4 Å². The molecule has 0 radical (unpaired) electrons. The summed E-state index contributed by atoms with van der Waals surface area (Å²) in [6.07, 6.45) is 3.74. The Morgan fingerprint density at radius 3 is 2.56 bits per heavy atom. The number of hydrogen-bond acceptors (Lipinski definition) is 3. The maximum atomic E-state index is 11.7. The fraction of sp³-hybridized carbons (Fsp3) is 0.400. The Morgan fingerprint density at radius 1 is 1.28 bits per heavy atom. The molecule has 0 fully saturated rings. The van der Waals surface area contributed by atoms with Crippen LogP contribution >= 0.6 is 0 Å². The van der Waals surface area contributed by atoms with E-state index in [-0.39, 0.29) is 5.78 Å². The van der Waals surface area contributed by atoms with Gasteiger partial charge in [0.25, 0.3) is 0 Å². The van der Waals surface area contributed by atoms with Crippen LogP contribution < -0.4 is 9.47 Å². The van der Waals surface area contributed by atoms with Crippen molar-refractivity contribution in [1.82, 2.24) is 0 Å². The number of carbonyl (C=O) groups is 1. The minimum atomic E-state index is 0.0696. The lowest BCUT2D eigenvalue weighted by Crippen LogP contribution is -2.10. The number of allylic oxidation sites excluding steroid dienone is 2. The van der Waals surface area contributed by atoms with Gasteiger partial charge in [-0.25, -0.2) is 0 Å². The molecule has 0 N–H and O–H groups in total. The first-order chi connectivity index (χ1) is 8.60. The maximum Gasteiger partial charge on any atom is 0.160 e. The Kier molecular flexibility index (Phi) is 3.41. The summed E-state index contributed by atoms with van der Waals surface area (Å²) < 4.78 is 10.9. The molecule has 3 heteroatoms. The van der Waals surface area contributed by atoms with Gasteiger partial charge in [0.1, 0.15) is 11.5 Å². The van der Waals surface area contributed by atoms with E-state index in [1.165, 1.54) is 0 Å². The van der Waals surface area contributed by atoms with Crippen molar-refractivity contribution in [2.24, 2.45) is 0 Å². The van der Waals surface area contributed by atoms with E-state index in [4.69, 9.17) is 9.47 Å². The minimum absolute atomic E-state index is 0.0696. The monoisotopic (exact) mass is 246 g/mol. The van der Waals surface area contributed by atoms with Gasteiger partial charge in [0.2, 0.25) is 0 Å². The van der Waals surface area contributed by atoms with E-state index < -0.39 is 0 Å². The number of carbonyl (C=O) groups excluding carboxylic acids is 1. The van der Waals surface area contributed by atoms with Crippen LogP contribution in [0.3, 0.4) is 0 Å². The highest BCUT2D eigenvalue weighted by Gasteiger charge is 2.24. The number of fused-ring (bicyclic) bond motifs is 1. The van der Waals surface area contributed by atoms with E-state index in [0.29, 0.717) is 0 Å². The lowest BCUT2D eigenvalue weighted by molar-refractivity contribution is -0.111. The van der Waals surface area contributed by atoms with Gasteiger partial charge in [-0.15, -0.1) is 0 Å². The largest absolute Gasteiger partial charge is 0.496 e. The number of hydrogen-bond donors (Lipinski definition) is 0. The van der Waals surface area contributed by atoms with E-state index in [2.05, 4.69) is 0 Å². The average Bonchev–Trinajstić information content (AvgIpc) is 2.36. The van der Waals surface area contributed by atoms with Crippen molar-refractivity contribution < 1.29 is 14.3 Å². The fourth-order valence-electron chi connectivity index (χ4n) is 2.60. The van der Waals surface area contributed by atoms with E-state index in [0.717, 1.165) is 46.6 Å². The van der Waals surface area contributed by atoms with Gasteiger partial charge in [0.05, 0.1) is 14.2 Å². The smallest absolute Gasteiger partial charge is 0.160 e. The van der Waals surface area contributed by atoms with Gasteiger partial charge in [0.15, 0.2) is 5.78 Å². The molecule has 1 aliphatic carbocycles. The predicted octanol–water partition coefficient (Wildman–Crippen LogP) is 2.93. The molecule has 3 nitrogen and oxygen atoms in total. The first kappa shape index (κ1) is 12.7. The van der Waals surface area contributed by atoms with Crippen LogP contribution in [0.2, 0.25) is 0 Å². The lowest BCUT2D eigenvalue weighted by atomic mass is 9.86. The second-order valence-electron chi connectivity index (χ2n) is 4.50. The number of aryl methyl sites for hydroxylation is 1. The zero-order chi connectivity index (χ0) is 13.3. The highest BCUT2D eigenvalue weighted by Crippen LogP contribution is 2.41. The van der Waals surface area contributed by atoms with Crippen LogP contribution in [-0.4, -0.2) is 20.0 Å². The number of Topliss-reactive ketones (excluding diaryl/α,β-unsaturated/α-hetero) is 1. The molecule has 1 aliphatic rings. The SMILES string of the molecule is COc1cc(C)c(OC)c2c1C(C(C)=O)=CCC2. The molecule has 1 aromatic rings. The van der Waals surface area contributed by atoms with Gasteiger partial charge >= 0.3 is 0 Å². The summed E-state index contributed by atoms with van der Waals surface area (Å²) in [7, 11) is 3.30. The summed E-state index contributed by atoms with van der Waals surface area (Å²) in [6.45, 7) is 3.58. The van der Waals surface area contributed by atoms with Crippen molar-refractivity contribution in [1.29, 1.82) is 0 Å². The molecule has 0 atom stereocenters. The van der Waals surface area contributed by atoms with Gasteiger partial charge in [-0.2, -0.15) is 0 Å². The molecule has 0 amide bonds. The third-order valence-corrected chi connectivity index (χ3v) is 3.34.